The lowest BCUT2D eigenvalue weighted by Crippen LogP contribution is -2.25. The molecule has 0 spiro atoms. The van der Waals surface area contributed by atoms with Crippen LogP contribution in [0, 0.1) is 0 Å². The van der Waals surface area contributed by atoms with Gasteiger partial charge in [0.15, 0.2) is 0 Å². The number of nitrogens with one attached hydrogen (secondary N) is 1. The summed E-state index contributed by atoms with van der Waals surface area (Å²) < 4.78 is 0. The molecule has 0 aliphatic carbocycles. The van der Waals surface area contributed by atoms with Crippen molar-refractivity contribution < 1.29 is 0 Å². The highest BCUT2D eigenvalue weighted by molar-refractivity contribution is 5.82. The number of aryl methyl sites for hydroxylation is 1. The first-order valence-corrected chi connectivity index (χ1v) is 6.50. The van der Waals surface area contributed by atoms with Crippen molar-refractivity contribution in [2.75, 3.05) is 6.54 Å². The molecular weight excluding hydrogens is 206 g/mol. The van der Waals surface area contributed by atoms with Crippen molar-refractivity contribution in [1.29, 1.82) is 0 Å². The minimum atomic E-state index is 0.603. The van der Waals surface area contributed by atoms with Crippen molar-refractivity contribution in [3.8, 4) is 0 Å². The van der Waals surface area contributed by atoms with Gasteiger partial charge in [-0.05, 0) is 42.6 Å². The maximum absolute atomic E-state index is 3.45. The van der Waals surface area contributed by atoms with Crippen molar-refractivity contribution >= 4 is 10.8 Å². The minimum absolute atomic E-state index is 0.603. The van der Waals surface area contributed by atoms with Gasteiger partial charge in [0, 0.05) is 6.04 Å². The van der Waals surface area contributed by atoms with E-state index in [1.54, 1.807) is 0 Å². The normalized spacial score (nSPS) is 12.8. The van der Waals surface area contributed by atoms with Crippen LogP contribution in [-0.2, 0) is 6.42 Å². The second-order valence-electron chi connectivity index (χ2n) is 4.68. The van der Waals surface area contributed by atoms with Gasteiger partial charge in [0.25, 0.3) is 0 Å². The van der Waals surface area contributed by atoms with Crippen molar-refractivity contribution in [1.82, 2.24) is 5.32 Å². The third-order valence-corrected chi connectivity index (χ3v) is 3.23. The molecule has 1 atom stereocenters. The first-order valence-electron chi connectivity index (χ1n) is 6.50. The molecule has 1 nitrogen and oxygen atoms in total. The Morgan fingerprint density at radius 2 is 1.82 bits per heavy atom. The van der Waals surface area contributed by atoms with Gasteiger partial charge in [-0.2, -0.15) is 0 Å². The molecule has 0 aliphatic heterocycles. The topological polar surface area (TPSA) is 12.0 Å². The van der Waals surface area contributed by atoms with Gasteiger partial charge in [-0.25, -0.2) is 0 Å². The Kier molecular flexibility index (Phi) is 4.16. The summed E-state index contributed by atoms with van der Waals surface area (Å²) in [4.78, 5) is 0. The van der Waals surface area contributed by atoms with E-state index in [4.69, 9.17) is 0 Å². The number of hydrogen-bond acceptors (Lipinski definition) is 1. The monoisotopic (exact) mass is 227 g/mol. The van der Waals surface area contributed by atoms with Crippen LogP contribution in [0.4, 0.5) is 0 Å². The van der Waals surface area contributed by atoms with E-state index < -0.39 is 0 Å². The van der Waals surface area contributed by atoms with Crippen LogP contribution in [-0.4, -0.2) is 12.6 Å². The van der Waals surface area contributed by atoms with Gasteiger partial charge in [-0.1, -0.05) is 49.4 Å². The van der Waals surface area contributed by atoms with E-state index in [0.717, 1.165) is 13.0 Å². The zero-order valence-electron chi connectivity index (χ0n) is 10.7. The van der Waals surface area contributed by atoms with E-state index >= 15 is 0 Å². The molecule has 2 rings (SSSR count). The van der Waals surface area contributed by atoms with Crippen molar-refractivity contribution in [2.45, 2.75) is 32.7 Å². The Morgan fingerprint density at radius 3 is 2.59 bits per heavy atom. The lowest BCUT2D eigenvalue weighted by molar-refractivity contribution is 0.531. The number of benzene rings is 2. The zero-order chi connectivity index (χ0) is 12.1. The molecule has 2 aromatic rings. The maximum atomic E-state index is 3.45. The van der Waals surface area contributed by atoms with Gasteiger partial charge in [-0.15, -0.1) is 0 Å². The Labute approximate surface area is 104 Å². The summed E-state index contributed by atoms with van der Waals surface area (Å²) in [6.07, 6.45) is 2.35. The lowest BCUT2D eigenvalue weighted by Gasteiger charge is -2.12. The minimum Gasteiger partial charge on any atom is -0.315 e. The van der Waals surface area contributed by atoms with E-state index in [0.29, 0.717) is 6.04 Å². The van der Waals surface area contributed by atoms with Crippen LogP contribution >= 0.6 is 0 Å². The molecule has 0 fully saturated rings. The van der Waals surface area contributed by atoms with Gasteiger partial charge >= 0.3 is 0 Å². The number of fused-ring (bicyclic) bond motifs is 1. The second kappa shape index (κ2) is 5.83. The molecule has 1 heteroatoms. The fourth-order valence-electron chi connectivity index (χ4n) is 2.23. The second-order valence-corrected chi connectivity index (χ2v) is 4.68. The van der Waals surface area contributed by atoms with Gasteiger partial charge < -0.3 is 5.32 Å². The average Bonchev–Trinajstić information content (AvgIpc) is 2.36. The lowest BCUT2D eigenvalue weighted by atomic mass is 10.0. The molecule has 0 radical (unpaired) electrons. The van der Waals surface area contributed by atoms with Crippen LogP contribution in [0.5, 0.6) is 0 Å². The summed E-state index contributed by atoms with van der Waals surface area (Å²) in [7, 11) is 0. The van der Waals surface area contributed by atoms with Gasteiger partial charge in [0.05, 0.1) is 0 Å². The molecule has 2 aromatic carbocycles. The summed E-state index contributed by atoms with van der Waals surface area (Å²) in [6.45, 7) is 5.47. The van der Waals surface area contributed by atoms with Crippen LogP contribution in [0.3, 0.4) is 0 Å². The molecule has 17 heavy (non-hydrogen) atoms. The molecular formula is C16H21N. The number of hydrogen-bond donors (Lipinski definition) is 1. The number of rotatable bonds is 5. The molecule has 0 amide bonds. The Bertz CT molecular complexity index is 476. The molecule has 0 saturated heterocycles. The van der Waals surface area contributed by atoms with Crippen LogP contribution in [0.2, 0.25) is 0 Å². The standard InChI is InChI=1S/C16H21N/c1-3-17-13(2)8-9-14-10-11-15-6-4-5-7-16(15)12-14/h4-7,10-13,17H,3,8-9H2,1-2H3. The summed E-state index contributed by atoms with van der Waals surface area (Å²) in [5, 5.41) is 6.13. The highest BCUT2D eigenvalue weighted by Gasteiger charge is 2.01. The first kappa shape index (κ1) is 12.1. The van der Waals surface area contributed by atoms with Crippen molar-refractivity contribution in [3.63, 3.8) is 0 Å². The van der Waals surface area contributed by atoms with Crippen LogP contribution in [0.15, 0.2) is 42.5 Å². The smallest absolute Gasteiger partial charge is 0.00417 e. The third-order valence-electron chi connectivity index (χ3n) is 3.23. The molecule has 0 heterocycles. The van der Waals surface area contributed by atoms with Gasteiger partial charge in [-0.3, -0.25) is 0 Å². The molecule has 0 aromatic heterocycles. The molecule has 0 bridgehead atoms. The maximum Gasteiger partial charge on any atom is 0.00417 e. The Hall–Kier alpha value is -1.34. The highest BCUT2D eigenvalue weighted by atomic mass is 14.9. The average molecular weight is 227 g/mol. The van der Waals surface area contributed by atoms with Gasteiger partial charge in [0.2, 0.25) is 0 Å². The quantitative estimate of drug-likeness (QED) is 0.820. The summed E-state index contributed by atoms with van der Waals surface area (Å²) in [6, 6.07) is 15.9. The summed E-state index contributed by atoms with van der Waals surface area (Å²) in [5.41, 5.74) is 1.44. The van der Waals surface area contributed by atoms with E-state index in [1.165, 1.54) is 22.8 Å². The van der Waals surface area contributed by atoms with Crippen LogP contribution in [0.1, 0.15) is 25.8 Å². The molecule has 0 aliphatic rings. The first-order chi connectivity index (χ1) is 8.29. The van der Waals surface area contributed by atoms with E-state index in [2.05, 4.69) is 61.6 Å². The predicted octanol–water partition coefficient (Wildman–Crippen LogP) is 3.77. The summed E-state index contributed by atoms with van der Waals surface area (Å²) >= 11 is 0. The summed E-state index contributed by atoms with van der Waals surface area (Å²) in [5.74, 6) is 0. The van der Waals surface area contributed by atoms with Crippen molar-refractivity contribution in [2.24, 2.45) is 0 Å². The third kappa shape index (κ3) is 3.31. The van der Waals surface area contributed by atoms with Crippen LogP contribution in [0.25, 0.3) is 10.8 Å². The molecule has 1 unspecified atom stereocenters. The highest BCUT2D eigenvalue weighted by Crippen LogP contribution is 2.16. The predicted molar refractivity (Wildman–Crippen MR) is 75.4 cm³/mol. The van der Waals surface area contributed by atoms with Crippen molar-refractivity contribution in [3.05, 3.63) is 48.0 Å². The van der Waals surface area contributed by atoms with E-state index in [9.17, 15) is 0 Å². The SMILES string of the molecule is CCNC(C)CCc1ccc2ccccc2c1. The molecule has 90 valence electrons. The van der Waals surface area contributed by atoms with Gasteiger partial charge in [0.1, 0.15) is 0 Å². The fraction of sp³-hybridized carbons (Fsp3) is 0.375. The largest absolute Gasteiger partial charge is 0.315 e. The fourth-order valence-corrected chi connectivity index (χ4v) is 2.23. The molecule has 0 saturated carbocycles. The Balaban J connectivity index is 2.04. The van der Waals surface area contributed by atoms with E-state index in [1.807, 2.05) is 0 Å². The van der Waals surface area contributed by atoms with E-state index in [-0.39, 0.29) is 0 Å². The molecule has 1 N–H and O–H groups in total. The zero-order valence-corrected chi connectivity index (χ0v) is 10.7. The Morgan fingerprint density at radius 1 is 1.06 bits per heavy atom. The van der Waals surface area contributed by atoms with Crippen LogP contribution < -0.4 is 5.32 Å².